The van der Waals surface area contributed by atoms with Crippen molar-refractivity contribution in [1.82, 2.24) is 4.90 Å². The Kier molecular flexibility index (Phi) is 4.57. The molecule has 2 atom stereocenters. The number of hydrogen-bond acceptors (Lipinski definition) is 3. The van der Waals surface area contributed by atoms with E-state index in [-0.39, 0.29) is 0 Å². The molecule has 0 saturated carbocycles. The van der Waals surface area contributed by atoms with Gasteiger partial charge in [-0.05, 0) is 32.4 Å². The van der Waals surface area contributed by atoms with Gasteiger partial charge in [-0.2, -0.15) is 11.8 Å². The molecule has 0 radical (unpaired) electrons. The monoisotopic (exact) mass is 242 g/mol. The fourth-order valence-electron chi connectivity index (χ4n) is 3.16. The second-order valence-corrected chi connectivity index (χ2v) is 6.94. The highest BCUT2D eigenvalue weighted by Crippen LogP contribution is 2.38. The van der Waals surface area contributed by atoms with E-state index >= 15 is 0 Å². The van der Waals surface area contributed by atoms with Crippen molar-refractivity contribution in [2.75, 3.05) is 25.4 Å². The molecule has 0 aromatic carbocycles. The molecule has 0 spiro atoms. The molecule has 0 aromatic rings. The summed E-state index contributed by atoms with van der Waals surface area (Å²) in [5.41, 5.74) is 6.43. The summed E-state index contributed by atoms with van der Waals surface area (Å²) in [4.78, 5) is 2.72. The van der Waals surface area contributed by atoms with Gasteiger partial charge in [0.1, 0.15) is 0 Å². The van der Waals surface area contributed by atoms with Crippen LogP contribution in [0.4, 0.5) is 0 Å². The number of nitrogens with zero attached hydrogens (tertiary/aromatic N) is 1. The molecule has 2 N–H and O–H groups in total. The van der Waals surface area contributed by atoms with Crippen molar-refractivity contribution in [3.8, 4) is 0 Å². The van der Waals surface area contributed by atoms with Crippen LogP contribution in [0.25, 0.3) is 0 Å². The quantitative estimate of drug-likeness (QED) is 0.806. The number of likely N-dealkylation sites (tertiary alicyclic amines) is 1. The predicted molar refractivity (Wildman–Crippen MR) is 73.0 cm³/mol. The second-order valence-electron chi connectivity index (χ2n) is 5.51. The van der Waals surface area contributed by atoms with Crippen LogP contribution >= 0.6 is 11.8 Å². The Morgan fingerprint density at radius 2 is 1.81 bits per heavy atom. The van der Waals surface area contributed by atoms with E-state index in [0.29, 0.717) is 5.54 Å². The Labute approximate surface area is 104 Å². The van der Waals surface area contributed by atoms with Crippen molar-refractivity contribution in [1.29, 1.82) is 0 Å². The van der Waals surface area contributed by atoms with Crippen LogP contribution in [0, 0.1) is 0 Å². The average Bonchev–Trinajstić information content (AvgIpc) is 2.61. The van der Waals surface area contributed by atoms with Gasteiger partial charge in [0.25, 0.3) is 0 Å². The third-order valence-corrected chi connectivity index (χ3v) is 5.65. The molecule has 2 nitrogen and oxygen atoms in total. The summed E-state index contributed by atoms with van der Waals surface area (Å²) in [6.07, 6.45) is 8.32. The van der Waals surface area contributed by atoms with E-state index < -0.39 is 0 Å². The summed E-state index contributed by atoms with van der Waals surface area (Å²) in [5.74, 6) is 1.25. The van der Waals surface area contributed by atoms with E-state index in [9.17, 15) is 0 Å². The van der Waals surface area contributed by atoms with Crippen molar-refractivity contribution in [3.63, 3.8) is 0 Å². The standard InChI is InChI=1S/C13H26N2S/c1-12-9-13(10-14,11-16-12)15-7-5-3-2-4-6-8-15/h12H,2-11,14H2,1H3. The number of thioether (sulfide) groups is 1. The first-order valence-corrected chi connectivity index (χ1v) is 7.88. The van der Waals surface area contributed by atoms with E-state index in [1.165, 1.54) is 57.4 Å². The maximum absolute atomic E-state index is 6.10. The fraction of sp³-hybridized carbons (Fsp3) is 1.00. The predicted octanol–water partition coefficient (Wildman–Crippen LogP) is 2.48. The van der Waals surface area contributed by atoms with Gasteiger partial charge in [-0.3, -0.25) is 4.90 Å². The summed E-state index contributed by atoms with van der Waals surface area (Å²) < 4.78 is 0. The molecule has 2 heterocycles. The first kappa shape index (κ1) is 12.7. The third kappa shape index (κ3) is 2.74. The Morgan fingerprint density at radius 3 is 2.31 bits per heavy atom. The lowest BCUT2D eigenvalue weighted by molar-refractivity contribution is 0.102. The van der Waals surface area contributed by atoms with E-state index in [1.54, 1.807) is 0 Å². The van der Waals surface area contributed by atoms with Crippen LogP contribution in [0.5, 0.6) is 0 Å². The van der Waals surface area contributed by atoms with Crippen molar-refractivity contribution >= 4 is 11.8 Å². The van der Waals surface area contributed by atoms with Crippen LogP contribution in [0.3, 0.4) is 0 Å². The molecule has 2 aliphatic heterocycles. The van der Waals surface area contributed by atoms with Crippen LogP contribution in [0.2, 0.25) is 0 Å². The molecule has 94 valence electrons. The molecule has 2 saturated heterocycles. The van der Waals surface area contributed by atoms with Crippen LogP contribution < -0.4 is 5.73 Å². The topological polar surface area (TPSA) is 29.3 Å². The molecule has 3 heteroatoms. The molecule has 2 aliphatic rings. The molecular formula is C13H26N2S. The Hall–Kier alpha value is 0.270. The van der Waals surface area contributed by atoms with Crippen molar-refractivity contribution < 1.29 is 0 Å². The highest BCUT2D eigenvalue weighted by atomic mass is 32.2. The summed E-state index contributed by atoms with van der Waals surface area (Å²) in [6.45, 7) is 5.77. The molecule has 0 bridgehead atoms. The lowest BCUT2D eigenvalue weighted by atomic mass is 9.92. The Bertz CT molecular complexity index is 214. The SMILES string of the molecule is CC1CC(CN)(N2CCCCCCC2)CS1. The van der Waals surface area contributed by atoms with E-state index in [4.69, 9.17) is 5.73 Å². The lowest BCUT2D eigenvalue weighted by Gasteiger charge is -2.41. The average molecular weight is 242 g/mol. The van der Waals surface area contributed by atoms with Gasteiger partial charge in [0.05, 0.1) is 0 Å². The first-order valence-electron chi connectivity index (χ1n) is 6.83. The van der Waals surface area contributed by atoms with Gasteiger partial charge in [0.15, 0.2) is 0 Å². The van der Waals surface area contributed by atoms with E-state index in [1.807, 2.05) is 0 Å². The molecule has 2 rings (SSSR count). The van der Waals surface area contributed by atoms with E-state index in [0.717, 1.165) is 11.8 Å². The molecule has 16 heavy (non-hydrogen) atoms. The minimum atomic E-state index is 0.335. The van der Waals surface area contributed by atoms with Gasteiger partial charge >= 0.3 is 0 Å². The number of rotatable bonds is 2. The third-order valence-electron chi connectivity index (χ3n) is 4.21. The largest absolute Gasteiger partial charge is 0.329 e. The Balaban J connectivity index is 2.00. The van der Waals surface area contributed by atoms with Gasteiger partial charge in [0, 0.05) is 23.1 Å². The summed E-state index contributed by atoms with van der Waals surface area (Å²) in [5, 5.41) is 0.800. The molecule has 0 amide bonds. The first-order chi connectivity index (χ1) is 7.77. The summed E-state index contributed by atoms with van der Waals surface area (Å²) in [7, 11) is 0. The molecule has 2 unspecified atom stereocenters. The molecule has 0 aliphatic carbocycles. The minimum Gasteiger partial charge on any atom is -0.329 e. The highest BCUT2D eigenvalue weighted by molar-refractivity contribution is 8.00. The van der Waals surface area contributed by atoms with Crippen LogP contribution in [0.1, 0.15) is 45.4 Å². The maximum atomic E-state index is 6.10. The second kappa shape index (κ2) is 5.74. The fourth-order valence-corrected chi connectivity index (χ4v) is 4.60. The van der Waals surface area contributed by atoms with Crippen LogP contribution in [-0.2, 0) is 0 Å². The zero-order chi connectivity index (χ0) is 11.4. The maximum Gasteiger partial charge on any atom is 0.0432 e. The molecule has 0 aromatic heterocycles. The van der Waals surface area contributed by atoms with Crippen LogP contribution in [0.15, 0.2) is 0 Å². The minimum absolute atomic E-state index is 0.335. The van der Waals surface area contributed by atoms with Crippen molar-refractivity contribution in [2.45, 2.75) is 56.2 Å². The normalized spacial score (nSPS) is 38.2. The van der Waals surface area contributed by atoms with Crippen molar-refractivity contribution in [3.05, 3.63) is 0 Å². The zero-order valence-corrected chi connectivity index (χ0v) is 11.4. The lowest BCUT2D eigenvalue weighted by Crippen LogP contribution is -2.55. The molecular weight excluding hydrogens is 216 g/mol. The number of hydrogen-bond donors (Lipinski definition) is 1. The highest BCUT2D eigenvalue weighted by Gasteiger charge is 2.41. The van der Waals surface area contributed by atoms with Crippen molar-refractivity contribution in [2.24, 2.45) is 5.73 Å². The smallest absolute Gasteiger partial charge is 0.0432 e. The van der Waals surface area contributed by atoms with Gasteiger partial charge in [-0.25, -0.2) is 0 Å². The van der Waals surface area contributed by atoms with Gasteiger partial charge < -0.3 is 5.73 Å². The molecule has 2 fully saturated rings. The van der Waals surface area contributed by atoms with Gasteiger partial charge in [-0.15, -0.1) is 0 Å². The Morgan fingerprint density at radius 1 is 1.19 bits per heavy atom. The van der Waals surface area contributed by atoms with E-state index in [2.05, 4.69) is 23.6 Å². The zero-order valence-electron chi connectivity index (χ0n) is 10.6. The summed E-state index contributed by atoms with van der Waals surface area (Å²) >= 11 is 2.11. The van der Waals surface area contributed by atoms with Crippen LogP contribution in [-0.4, -0.2) is 41.1 Å². The van der Waals surface area contributed by atoms with Gasteiger partial charge in [-0.1, -0.05) is 26.2 Å². The van der Waals surface area contributed by atoms with Gasteiger partial charge in [0.2, 0.25) is 0 Å². The number of nitrogens with two attached hydrogens (primary N) is 1. The summed E-state index contributed by atoms with van der Waals surface area (Å²) in [6, 6.07) is 0.